The summed E-state index contributed by atoms with van der Waals surface area (Å²) in [7, 11) is 0. The summed E-state index contributed by atoms with van der Waals surface area (Å²) < 4.78 is 2.10. The number of hydrogen-bond donors (Lipinski definition) is 1. The molecule has 0 aliphatic heterocycles. The number of hydrogen-bond acceptors (Lipinski definition) is 3. The van der Waals surface area contributed by atoms with Crippen molar-refractivity contribution >= 4 is 16.9 Å². The van der Waals surface area contributed by atoms with Crippen LogP contribution < -0.4 is 5.32 Å². The first kappa shape index (κ1) is 17.0. The number of nitrogens with one attached hydrogen (secondary N) is 1. The lowest BCUT2D eigenvalue weighted by Gasteiger charge is -2.07. The fourth-order valence-corrected chi connectivity index (χ4v) is 3.20. The van der Waals surface area contributed by atoms with Gasteiger partial charge in [0.05, 0.1) is 11.0 Å². The van der Waals surface area contributed by atoms with Gasteiger partial charge in [-0.05, 0) is 49.4 Å². The molecule has 4 aromatic rings. The average molecular weight is 356 g/mol. The van der Waals surface area contributed by atoms with E-state index in [1.807, 2.05) is 73.7 Å². The Labute approximate surface area is 157 Å². The minimum absolute atomic E-state index is 0.0975. The second-order valence-electron chi connectivity index (χ2n) is 6.36. The predicted molar refractivity (Wildman–Crippen MR) is 106 cm³/mol. The summed E-state index contributed by atoms with van der Waals surface area (Å²) in [6, 6.07) is 21.5. The molecule has 5 heteroatoms. The maximum Gasteiger partial charge on any atom is 0.251 e. The highest BCUT2D eigenvalue weighted by Crippen LogP contribution is 2.22. The summed E-state index contributed by atoms with van der Waals surface area (Å²) in [4.78, 5) is 21.4. The largest absolute Gasteiger partial charge is 0.352 e. The molecule has 0 bridgehead atoms. The molecule has 0 spiro atoms. The Hall–Kier alpha value is -3.47. The number of para-hydroxylation sites is 1. The van der Waals surface area contributed by atoms with Crippen molar-refractivity contribution in [1.29, 1.82) is 0 Å². The molecule has 2 aromatic carbocycles. The van der Waals surface area contributed by atoms with Gasteiger partial charge in [0.15, 0.2) is 0 Å². The Balaban J connectivity index is 1.53. The smallest absolute Gasteiger partial charge is 0.251 e. The maximum atomic E-state index is 12.5. The topological polar surface area (TPSA) is 59.8 Å². The van der Waals surface area contributed by atoms with Crippen LogP contribution in [0.15, 0.2) is 72.9 Å². The van der Waals surface area contributed by atoms with Crippen LogP contribution in [0.2, 0.25) is 0 Å². The standard InChI is InChI=1S/C22H20N4O/c1-16-25-20-15-17(22(27)24-14-12-18-7-5-6-13-23-18)10-11-21(20)26(16)19-8-3-2-4-9-19/h2-11,13,15H,12,14H2,1H3,(H,24,27). The van der Waals surface area contributed by atoms with Gasteiger partial charge < -0.3 is 5.32 Å². The lowest BCUT2D eigenvalue weighted by molar-refractivity contribution is 0.0954. The number of rotatable bonds is 5. The van der Waals surface area contributed by atoms with E-state index in [0.29, 0.717) is 18.5 Å². The second-order valence-corrected chi connectivity index (χ2v) is 6.36. The zero-order valence-corrected chi connectivity index (χ0v) is 15.1. The molecule has 0 aliphatic rings. The summed E-state index contributed by atoms with van der Waals surface area (Å²) >= 11 is 0. The third kappa shape index (κ3) is 3.58. The van der Waals surface area contributed by atoms with Crippen LogP contribution in [0.3, 0.4) is 0 Å². The van der Waals surface area contributed by atoms with Crippen molar-refractivity contribution in [3.05, 3.63) is 90.0 Å². The van der Waals surface area contributed by atoms with E-state index in [0.717, 1.165) is 28.2 Å². The molecule has 1 N–H and O–H groups in total. The van der Waals surface area contributed by atoms with E-state index in [1.54, 1.807) is 6.20 Å². The highest BCUT2D eigenvalue weighted by atomic mass is 16.1. The zero-order valence-electron chi connectivity index (χ0n) is 15.1. The average Bonchev–Trinajstić information content (AvgIpc) is 3.04. The molecular formula is C22H20N4O. The van der Waals surface area contributed by atoms with E-state index >= 15 is 0 Å². The molecule has 1 amide bonds. The molecule has 0 aliphatic carbocycles. The number of imidazole rings is 1. The Morgan fingerprint density at radius 2 is 1.85 bits per heavy atom. The number of nitrogens with zero attached hydrogens (tertiary/aromatic N) is 3. The summed E-state index contributed by atoms with van der Waals surface area (Å²) in [5.41, 5.74) is 4.44. The quantitative estimate of drug-likeness (QED) is 0.593. The monoisotopic (exact) mass is 356 g/mol. The normalized spacial score (nSPS) is 10.9. The van der Waals surface area contributed by atoms with E-state index in [4.69, 9.17) is 0 Å². The number of carbonyl (C=O) groups excluding carboxylic acids is 1. The van der Waals surface area contributed by atoms with Gasteiger partial charge in [-0.2, -0.15) is 0 Å². The molecule has 2 heterocycles. The Bertz CT molecular complexity index is 1070. The van der Waals surface area contributed by atoms with E-state index in [-0.39, 0.29) is 5.91 Å². The summed E-state index contributed by atoms with van der Waals surface area (Å²) in [5, 5.41) is 2.95. The van der Waals surface area contributed by atoms with Gasteiger partial charge in [0.2, 0.25) is 0 Å². The van der Waals surface area contributed by atoms with Gasteiger partial charge in [-0.15, -0.1) is 0 Å². The van der Waals surface area contributed by atoms with E-state index in [9.17, 15) is 4.79 Å². The molecule has 0 saturated carbocycles. The van der Waals surface area contributed by atoms with Crippen LogP contribution in [0, 0.1) is 6.92 Å². The summed E-state index contributed by atoms with van der Waals surface area (Å²) in [5.74, 6) is 0.795. The minimum Gasteiger partial charge on any atom is -0.352 e. The van der Waals surface area contributed by atoms with Crippen molar-refractivity contribution in [2.24, 2.45) is 0 Å². The summed E-state index contributed by atoms with van der Waals surface area (Å²) in [6.07, 6.45) is 2.47. The van der Waals surface area contributed by atoms with E-state index in [1.165, 1.54) is 0 Å². The number of benzene rings is 2. The first-order valence-corrected chi connectivity index (χ1v) is 8.95. The Morgan fingerprint density at radius 3 is 2.63 bits per heavy atom. The van der Waals surface area contributed by atoms with Crippen molar-refractivity contribution in [2.75, 3.05) is 6.54 Å². The van der Waals surface area contributed by atoms with Crippen LogP contribution in [0.4, 0.5) is 0 Å². The molecule has 0 radical (unpaired) electrons. The minimum atomic E-state index is -0.0975. The van der Waals surface area contributed by atoms with Gasteiger partial charge in [-0.25, -0.2) is 4.98 Å². The lowest BCUT2D eigenvalue weighted by Crippen LogP contribution is -2.25. The van der Waals surface area contributed by atoms with E-state index in [2.05, 4.69) is 19.9 Å². The number of aromatic nitrogens is 3. The van der Waals surface area contributed by atoms with Crippen molar-refractivity contribution in [1.82, 2.24) is 19.9 Å². The first-order valence-electron chi connectivity index (χ1n) is 8.95. The SMILES string of the molecule is Cc1nc2cc(C(=O)NCCc3ccccn3)ccc2n1-c1ccccc1. The summed E-state index contributed by atoms with van der Waals surface area (Å²) in [6.45, 7) is 2.52. The lowest BCUT2D eigenvalue weighted by atomic mass is 10.1. The number of aryl methyl sites for hydroxylation is 1. The van der Waals surface area contributed by atoms with Crippen LogP contribution in [-0.2, 0) is 6.42 Å². The number of pyridine rings is 1. The number of fused-ring (bicyclic) bond motifs is 1. The van der Waals surface area contributed by atoms with Crippen LogP contribution in [-0.4, -0.2) is 27.0 Å². The molecule has 0 saturated heterocycles. The molecule has 0 unspecified atom stereocenters. The van der Waals surface area contributed by atoms with Gasteiger partial charge in [-0.3, -0.25) is 14.3 Å². The Morgan fingerprint density at radius 1 is 1.04 bits per heavy atom. The van der Waals surface area contributed by atoms with Gasteiger partial charge in [0.25, 0.3) is 5.91 Å². The third-order valence-corrected chi connectivity index (χ3v) is 4.49. The molecular weight excluding hydrogens is 336 g/mol. The Kier molecular flexibility index (Phi) is 4.66. The molecule has 4 rings (SSSR count). The fourth-order valence-electron chi connectivity index (χ4n) is 3.20. The van der Waals surface area contributed by atoms with E-state index < -0.39 is 0 Å². The fraction of sp³-hybridized carbons (Fsp3) is 0.136. The number of amides is 1. The molecule has 0 fully saturated rings. The number of carbonyl (C=O) groups is 1. The van der Waals surface area contributed by atoms with Gasteiger partial charge in [0.1, 0.15) is 5.82 Å². The van der Waals surface area contributed by atoms with Gasteiger partial charge >= 0.3 is 0 Å². The van der Waals surface area contributed by atoms with Gasteiger partial charge in [-0.1, -0.05) is 24.3 Å². The van der Waals surface area contributed by atoms with Crippen LogP contribution in [0.5, 0.6) is 0 Å². The molecule has 0 atom stereocenters. The first-order chi connectivity index (χ1) is 13.2. The van der Waals surface area contributed by atoms with Crippen molar-refractivity contribution in [2.45, 2.75) is 13.3 Å². The highest BCUT2D eigenvalue weighted by molar-refractivity contribution is 5.97. The van der Waals surface area contributed by atoms with Crippen LogP contribution >= 0.6 is 0 Å². The predicted octanol–water partition coefficient (Wildman–Crippen LogP) is 3.70. The molecule has 2 aromatic heterocycles. The van der Waals surface area contributed by atoms with Crippen LogP contribution in [0.25, 0.3) is 16.7 Å². The molecule has 134 valence electrons. The molecule has 27 heavy (non-hydrogen) atoms. The zero-order chi connectivity index (χ0) is 18.6. The maximum absolute atomic E-state index is 12.5. The van der Waals surface area contributed by atoms with Crippen molar-refractivity contribution in [3.8, 4) is 5.69 Å². The second kappa shape index (κ2) is 7.41. The van der Waals surface area contributed by atoms with Crippen molar-refractivity contribution in [3.63, 3.8) is 0 Å². The van der Waals surface area contributed by atoms with Gasteiger partial charge in [0, 0.05) is 36.1 Å². The van der Waals surface area contributed by atoms with Crippen molar-refractivity contribution < 1.29 is 4.79 Å². The third-order valence-electron chi connectivity index (χ3n) is 4.49. The van der Waals surface area contributed by atoms with Crippen LogP contribution in [0.1, 0.15) is 21.9 Å². The molecule has 5 nitrogen and oxygen atoms in total. The highest BCUT2D eigenvalue weighted by Gasteiger charge is 2.12.